The van der Waals surface area contributed by atoms with Gasteiger partial charge in [-0.25, -0.2) is 19.1 Å². The zero-order valence-corrected chi connectivity index (χ0v) is 80.0. The van der Waals surface area contributed by atoms with Crippen molar-refractivity contribution >= 4 is 172 Å². The SMILES string of the molecule is CI.CI.COC(=O)CCCCCN1C=CC=C2C1=N/C(=C/C=C1\CN(C)CC(/C=C/C3=Nc4c(ccc[n+]4CCCCCC(=O)O)C3(C)C)=C1Cl)C2(C)C.COC(=O)CCCCCN1C=CC=C2C1=N/C(=C/C=C1\C[N+](C)(C)CC(/C=C/C3=Nc4c(ccc[n+]4CCCCCC(=O)O)C3(C)C)=C1Cl)C2(C)C.ICI.[I-]. The summed E-state index contributed by atoms with van der Waals surface area (Å²) in [7, 11) is 9.45. The highest BCUT2D eigenvalue weighted by Gasteiger charge is 2.45. The second kappa shape index (κ2) is 46.4. The third-order valence-electron chi connectivity index (χ3n) is 20.9. The molecule has 0 bridgehead atoms. The van der Waals surface area contributed by atoms with Crippen LogP contribution in [0.2, 0.25) is 0 Å². The molecule has 0 aromatic carbocycles. The number of aliphatic imine (C=N–C) groups is 4. The van der Waals surface area contributed by atoms with Crippen LogP contribution < -0.4 is 33.1 Å². The summed E-state index contributed by atoms with van der Waals surface area (Å²) in [6, 6.07) is 8.47. The molecule has 111 heavy (non-hydrogen) atoms. The number of aromatic nitrogens is 2. The minimum absolute atomic E-state index is 0. The quantitative estimate of drug-likeness (QED) is 0.0189. The number of carboxylic acids is 2. The molecule has 2 aromatic rings. The second-order valence-corrected chi connectivity index (χ2v) is 36.2. The minimum Gasteiger partial charge on any atom is -1.00 e. The van der Waals surface area contributed by atoms with Crippen molar-refractivity contribution < 1.29 is 76.5 Å². The molecule has 0 amide bonds. The van der Waals surface area contributed by atoms with Gasteiger partial charge in [0, 0.05) is 102 Å². The number of quaternary nitrogens is 1. The second-order valence-electron chi connectivity index (χ2n) is 31.0. The number of unbranched alkanes of at least 4 members (excludes halogenated alkanes) is 8. The van der Waals surface area contributed by atoms with Crippen LogP contribution in [0.1, 0.15) is 169 Å². The number of esters is 2. The number of aliphatic carboxylic acids is 2. The molecule has 8 aliphatic heterocycles. The summed E-state index contributed by atoms with van der Waals surface area (Å²) in [5.74, 6) is 2.14. The molecule has 10 rings (SSSR count). The summed E-state index contributed by atoms with van der Waals surface area (Å²) < 4.78 is 15.9. The number of allylic oxidation sites excluding steroid dienone is 12. The topological polar surface area (TPSA) is 194 Å². The van der Waals surface area contributed by atoms with Crippen molar-refractivity contribution in [2.24, 2.45) is 30.8 Å². The number of pyridine rings is 2. The number of rotatable bonds is 30. The number of nitrogens with zero attached hydrogens (tertiary/aromatic N) is 10. The lowest BCUT2D eigenvalue weighted by Gasteiger charge is -2.35. The maximum absolute atomic E-state index is 11.5. The fourth-order valence-electron chi connectivity index (χ4n) is 14.6. The molecule has 0 unspecified atom stereocenters. The summed E-state index contributed by atoms with van der Waals surface area (Å²) in [5, 5.41) is 19.5. The van der Waals surface area contributed by atoms with Gasteiger partial charge in [0.05, 0.1) is 94.6 Å². The van der Waals surface area contributed by atoms with E-state index in [-0.39, 0.29) is 70.4 Å². The number of methoxy groups -OCH3 is 2. The van der Waals surface area contributed by atoms with Crippen molar-refractivity contribution in [3.05, 3.63) is 188 Å². The molecule has 0 aliphatic carbocycles. The average Bonchev–Trinajstić information content (AvgIpc) is 1.64. The Bertz CT molecular complexity index is 4170. The number of alkyl halides is 4. The third kappa shape index (κ3) is 26.8. The molecule has 0 atom stereocenters. The minimum atomic E-state index is -0.740. The van der Waals surface area contributed by atoms with Gasteiger partial charge in [0.25, 0.3) is 0 Å². The smallest absolute Gasteiger partial charge is 0.327 e. The normalized spacial score (nSPS) is 19.9. The standard InChI is InChI=1S/C42H55ClN5O4.C41H52ClN5O4.CH2I2.2CH3I.HI/c1-41(2)32-16-14-26-46(24-12-8-10-18-36(49)50)39(32)44-34(41)22-20-30-28-48(5,6)29-31(38(30)43)21-23-35-42(3,4)33-17-15-27-47(40(33)45-35)25-13-9-11-19-37(51)52-7;1-40(2)31-15-13-25-46(23-11-7-9-17-35(48)49)38(31)43-33(40)21-19-29-27-45(5)28-30(37(29)42)20-22-34-41(3,4)32-16-14-26-47(39(32)44-34)24-12-8-10-18-36(50)51-6;2-1-3;2*1-2;/h14-17,20-23,26-27H,8-13,18-19,24-25,28-29H2,1-7H3;13-16,19-22,25-26H,7-12,17-18,23-24,27-28H2,1-6H3;1H2;2*1H3;1H/q+1;;;;;/p+1. The van der Waals surface area contributed by atoms with Gasteiger partial charge in [0.15, 0.2) is 11.4 Å². The lowest BCUT2D eigenvalue weighted by molar-refractivity contribution is -0.881. The van der Waals surface area contributed by atoms with Crippen molar-refractivity contribution in [2.75, 3.05) is 86.9 Å². The van der Waals surface area contributed by atoms with E-state index in [4.69, 9.17) is 62.9 Å². The van der Waals surface area contributed by atoms with E-state index in [1.165, 1.54) is 38.9 Å². The number of carbonyl (C=O) groups excluding carboxylic acids is 2. The van der Waals surface area contributed by atoms with Crippen molar-refractivity contribution in [3.63, 3.8) is 0 Å². The number of fused-ring (bicyclic) bond motifs is 4. The van der Waals surface area contributed by atoms with Gasteiger partial charge >= 0.3 is 35.5 Å². The summed E-state index contributed by atoms with van der Waals surface area (Å²) >= 11 is 23.2. The molecule has 8 aliphatic rings. The third-order valence-corrected chi connectivity index (χ3v) is 21.9. The molecule has 0 radical (unpaired) electrons. The van der Waals surface area contributed by atoms with Crippen molar-refractivity contribution in [3.8, 4) is 0 Å². The van der Waals surface area contributed by atoms with E-state index in [1.54, 1.807) is 0 Å². The van der Waals surface area contributed by atoms with Crippen LogP contribution in [0.15, 0.2) is 197 Å². The molecular weight excluding hydrogens is 2010 g/mol. The highest BCUT2D eigenvalue weighted by molar-refractivity contribution is 14.2. The van der Waals surface area contributed by atoms with Crippen molar-refractivity contribution in [1.29, 1.82) is 0 Å². The fourth-order valence-corrected chi connectivity index (χ4v) is 15.0. The van der Waals surface area contributed by atoms with Crippen molar-refractivity contribution in [2.45, 2.75) is 182 Å². The van der Waals surface area contributed by atoms with Gasteiger partial charge in [-0.3, -0.25) is 24.1 Å². The zero-order valence-electron chi connectivity index (χ0n) is 67.7. The molecule has 606 valence electrons. The molecule has 2 aromatic heterocycles. The van der Waals surface area contributed by atoms with Gasteiger partial charge in [-0.2, -0.15) is 0 Å². The van der Waals surface area contributed by atoms with Gasteiger partial charge < -0.3 is 57.9 Å². The Morgan fingerprint density at radius 1 is 0.541 bits per heavy atom. The Hall–Kier alpha value is -4.51. The summed E-state index contributed by atoms with van der Waals surface area (Å²) in [6.07, 6.45) is 45.7. The average molecular weight is 2120 g/mol. The lowest BCUT2D eigenvalue weighted by atomic mass is 9.81. The van der Waals surface area contributed by atoms with Crippen LogP contribution in [-0.2, 0) is 52.6 Å². The maximum atomic E-state index is 11.5. The lowest BCUT2D eigenvalue weighted by Crippen LogP contribution is -3.00. The molecule has 18 nitrogen and oxygen atoms in total. The molecule has 25 heteroatoms. The number of carboxylic acid groups (broad SMARTS) is 2. The molecule has 2 N–H and O–H groups in total. The molecular formula is C86H117Cl2I5N10O8+2. The number of carbonyl (C=O) groups is 4. The Balaban J connectivity index is 0.000000365. The zero-order chi connectivity index (χ0) is 81.2. The van der Waals surface area contributed by atoms with E-state index >= 15 is 0 Å². The van der Waals surface area contributed by atoms with Gasteiger partial charge in [0.2, 0.25) is 0 Å². The number of likely N-dealkylation sites (N-methyl/N-ethyl adjacent to an activating group) is 2. The van der Waals surface area contributed by atoms with Crippen LogP contribution >= 0.6 is 114 Å². The fraction of sp³-hybridized carbons (Fsp3) is 0.512. The van der Waals surface area contributed by atoms with E-state index in [0.717, 1.165) is 200 Å². The predicted molar refractivity (Wildman–Crippen MR) is 485 cm³/mol. The van der Waals surface area contributed by atoms with Crippen LogP contribution in [0.25, 0.3) is 0 Å². The number of hydrogen-bond acceptors (Lipinski definition) is 13. The summed E-state index contributed by atoms with van der Waals surface area (Å²) in [6.45, 7) is 24.1. The number of halogens is 7. The van der Waals surface area contributed by atoms with Crippen molar-refractivity contribution in [1.82, 2.24) is 14.7 Å². The Kier molecular flexibility index (Phi) is 40.6. The Morgan fingerprint density at radius 3 is 1.36 bits per heavy atom. The number of amidine groups is 2. The van der Waals surface area contributed by atoms with Crippen LogP contribution in [-0.4, -0.2) is 163 Å². The molecule has 0 saturated carbocycles. The summed E-state index contributed by atoms with van der Waals surface area (Å²) in [5.41, 5.74) is 12.0. The Labute approximate surface area is 743 Å². The maximum Gasteiger partial charge on any atom is 0.327 e. The summed E-state index contributed by atoms with van der Waals surface area (Å²) in [4.78, 5) is 75.9. The molecule has 10 heterocycles. The molecule has 0 fully saturated rings. The van der Waals surface area contributed by atoms with Crippen LogP contribution in [0, 0.1) is 10.8 Å². The van der Waals surface area contributed by atoms with E-state index < -0.39 is 11.9 Å². The molecule has 0 spiro atoms. The highest BCUT2D eigenvalue weighted by atomic mass is 127. The van der Waals surface area contributed by atoms with Gasteiger partial charge in [-0.05, 0) is 197 Å². The first-order valence-electron chi connectivity index (χ1n) is 38.0. The number of hydrogen-bond donors (Lipinski definition) is 2. The first-order chi connectivity index (χ1) is 52.4. The van der Waals surface area contributed by atoms with Gasteiger partial charge in [0.1, 0.15) is 24.8 Å². The van der Waals surface area contributed by atoms with E-state index in [9.17, 15) is 19.2 Å². The van der Waals surface area contributed by atoms with E-state index in [2.05, 4.69) is 313 Å². The van der Waals surface area contributed by atoms with Crippen LogP contribution in [0.4, 0.5) is 11.6 Å². The number of ether oxygens (including phenoxy) is 2. The van der Waals surface area contributed by atoms with Crippen LogP contribution in [0.5, 0.6) is 0 Å². The van der Waals surface area contributed by atoms with Gasteiger partial charge in [-0.1, -0.05) is 184 Å². The Morgan fingerprint density at radius 2 is 0.937 bits per heavy atom. The monoisotopic (exact) mass is 2120 g/mol. The first kappa shape index (κ1) is 97.1. The van der Waals surface area contributed by atoms with Gasteiger partial charge in [-0.15, -0.1) is 0 Å². The molecule has 0 saturated heterocycles. The number of aryl methyl sites for hydroxylation is 2. The van der Waals surface area contributed by atoms with E-state index in [1.807, 2.05) is 9.86 Å². The highest BCUT2D eigenvalue weighted by Crippen LogP contribution is 2.47. The first-order valence-corrected chi connectivity index (χ1v) is 46.2. The predicted octanol–water partition coefficient (Wildman–Crippen LogP) is 16.5. The largest absolute Gasteiger partial charge is 1.00 e. The van der Waals surface area contributed by atoms with Crippen LogP contribution in [0.3, 0.4) is 0 Å². The van der Waals surface area contributed by atoms with E-state index in [0.29, 0.717) is 25.7 Å².